The summed E-state index contributed by atoms with van der Waals surface area (Å²) in [4.78, 5) is 80.6. The highest BCUT2D eigenvalue weighted by Crippen LogP contribution is 2.04. The molecular weight excluding hydrogens is 492 g/mol. The number of rotatable bonds is 10. The first-order valence-electron chi connectivity index (χ1n) is 13.5. The summed E-state index contributed by atoms with van der Waals surface area (Å²) in [6.07, 6.45) is 4.91. The summed E-state index contributed by atoms with van der Waals surface area (Å²) in [7, 11) is 0. The molecule has 0 aliphatic carbocycles. The van der Waals surface area contributed by atoms with Crippen LogP contribution in [-0.2, 0) is 28.8 Å². The normalized spacial score (nSPS) is 17.1. The molecule has 6 amide bonds. The molecule has 0 radical (unpaired) electrons. The molecule has 1 heterocycles. The van der Waals surface area contributed by atoms with Gasteiger partial charge in [-0.3, -0.25) is 28.8 Å². The van der Waals surface area contributed by atoms with Gasteiger partial charge >= 0.3 is 0 Å². The van der Waals surface area contributed by atoms with Gasteiger partial charge in [0.25, 0.3) is 0 Å². The Morgan fingerprint density at radius 2 is 1.16 bits per heavy atom. The summed E-state index contributed by atoms with van der Waals surface area (Å²) in [6.45, 7) is 7.98. The zero-order chi connectivity index (χ0) is 28.7. The van der Waals surface area contributed by atoms with Crippen molar-refractivity contribution in [2.75, 3.05) is 52.4 Å². The van der Waals surface area contributed by atoms with Crippen LogP contribution in [0.15, 0.2) is 0 Å². The van der Waals surface area contributed by atoms with E-state index >= 15 is 0 Å². The Morgan fingerprint density at radius 3 is 1.61 bits per heavy atom. The van der Waals surface area contributed by atoms with Gasteiger partial charge in [-0.15, -0.1) is 0 Å². The van der Waals surface area contributed by atoms with Crippen LogP contribution in [0.5, 0.6) is 0 Å². The van der Waals surface area contributed by atoms with Crippen LogP contribution in [0.4, 0.5) is 0 Å². The highest BCUT2D eigenvalue weighted by Gasteiger charge is 2.27. The standard InChI is InChI=1S/C26H46N6O6/c1-6-8-10-12-30-16-20(33)28-15-24(37)32(18-22(35)29-26(3,4)5)19-25(38)31(13-11-9-7-2)17-21(34)27-14-23(30)36/h6-19H2,1-5H3,(H,27,34)(H,28,33)(H,29,35). The average Bonchev–Trinajstić information content (AvgIpc) is 2.82. The van der Waals surface area contributed by atoms with Gasteiger partial charge in [0.2, 0.25) is 35.4 Å². The molecule has 3 N–H and O–H groups in total. The second kappa shape index (κ2) is 16.6. The van der Waals surface area contributed by atoms with Crippen LogP contribution in [0.3, 0.4) is 0 Å². The highest BCUT2D eigenvalue weighted by molar-refractivity contribution is 5.94. The molecule has 0 unspecified atom stereocenters. The zero-order valence-electron chi connectivity index (χ0n) is 23.7. The van der Waals surface area contributed by atoms with Gasteiger partial charge in [0.05, 0.1) is 26.2 Å². The molecule has 216 valence electrons. The maximum Gasteiger partial charge on any atom is 0.242 e. The number of unbranched alkanes of at least 4 members (excludes halogenated alkanes) is 4. The lowest BCUT2D eigenvalue weighted by Gasteiger charge is -2.28. The first-order valence-corrected chi connectivity index (χ1v) is 13.5. The third kappa shape index (κ3) is 13.4. The van der Waals surface area contributed by atoms with Crippen LogP contribution < -0.4 is 16.0 Å². The van der Waals surface area contributed by atoms with Crippen molar-refractivity contribution in [2.24, 2.45) is 0 Å². The number of hydrogen-bond acceptors (Lipinski definition) is 6. The number of nitrogens with one attached hydrogen (secondary N) is 3. The largest absolute Gasteiger partial charge is 0.350 e. The predicted octanol–water partition coefficient (Wildman–Crippen LogP) is 0.0133. The van der Waals surface area contributed by atoms with E-state index in [1.807, 2.05) is 13.8 Å². The minimum atomic E-state index is -0.618. The molecule has 12 heteroatoms. The van der Waals surface area contributed by atoms with Crippen LogP contribution in [0.25, 0.3) is 0 Å². The molecule has 1 aliphatic rings. The lowest BCUT2D eigenvalue weighted by molar-refractivity contribution is -0.144. The van der Waals surface area contributed by atoms with Gasteiger partial charge in [-0.2, -0.15) is 0 Å². The molecule has 0 spiro atoms. The monoisotopic (exact) mass is 538 g/mol. The fourth-order valence-corrected chi connectivity index (χ4v) is 3.85. The Labute approximate surface area is 226 Å². The van der Waals surface area contributed by atoms with Gasteiger partial charge in [0, 0.05) is 18.6 Å². The summed E-state index contributed by atoms with van der Waals surface area (Å²) >= 11 is 0. The van der Waals surface area contributed by atoms with Crippen LogP contribution in [0, 0.1) is 0 Å². The van der Waals surface area contributed by atoms with Crippen LogP contribution in [0.1, 0.15) is 73.1 Å². The third-order valence-electron chi connectivity index (χ3n) is 5.84. The van der Waals surface area contributed by atoms with E-state index in [9.17, 15) is 28.8 Å². The smallest absolute Gasteiger partial charge is 0.242 e. The molecule has 38 heavy (non-hydrogen) atoms. The Bertz CT molecular complexity index is 841. The van der Waals surface area contributed by atoms with Crippen molar-refractivity contribution in [1.29, 1.82) is 0 Å². The fraction of sp³-hybridized carbons (Fsp3) is 0.769. The number of nitrogens with zero attached hydrogens (tertiary/aromatic N) is 3. The van der Waals surface area contributed by atoms with Crippen LogP contribution in [-0.4, -0.2) is 108 Å². The second-order valence-corrected chi connectivity index (χ2v) is 10.6. The first kappa shape index (κ1) is 32.8. The molecule has 1 saturated heterocycles. The summed E-state index contributed by atoms with van der Waals surface area (Å²) in [5, 5.41) is 7.82. The minimum Gasteiger partial charge on any atom is -0.350 e. The van der Waals surface area contributed by atoms with E-state index in [1.54, 1.807) is 20.8 Å². The van der Waals surface area contributed by atoms with Crippen molar-refractivity contribution in [3.8, 4) is 0 Å². The summed E-state index contributed by atoms with van der Waals surface area (Å²) in [5.41, 5.74) is -0.544. The molecule has 0 aromatic heterocycles. The number of hydrogen-bond donors (Lipinski definition) is 3. The molecule has 0 aromatic carbocycles. The van der Waals surface area contributed by atoms with Crippen LogP contribution in [0.2, 0.25) is 0 Å². The SMILES string of the molecule is CCCCCN1CC(=O)NCC(=O)N(CC(=O)NC(C)(C)C)CC(=O)N(CCCCC)CC(=O)NCC1=O. The molecular formula is C26H46N6O6. The van der Waals surface area contributed by atoms with Crippen molar-refractivity contribution in [3.05, 3.63) is 0 Å². The van der Waals surface area contributed by atoms with Crippen molar-refractivity contribution < 1.29 is 28.8 Å². The second-order valence-electron chi connectivity index (χ2n) is 10.6. The molecule has 0 bridgehead atoms. The average molecular weight is 539 g/mol. The molecule has 1 rings (SSSR count). The molecule has 1 aliphatic heterocycles. The third-order valence-corrected chi connectivity index (χ3v) is 5.84. The van der Waals surface area contributed by atoms with Crippen molar-refractivity contribution in [1.82, 2.24) is 30.7 Å². The van der Waals surface area contributed by atoms with E-state index in [0.29, 0.717) is 25.9 Å². The molecule has 0 aromatic rings. The van der Waals surface area contributed by atoms with E-state index < -0.39 is 54.1 Å². The lowest BCUT2D eigenvalue weighted by Crippen LogP contribution is -2.53. The summed E-state index contributed by atoms with van der Waals surface area (Å²) < 4.78 is 0. The Kier molecular flexibility index (Phi) is 14.4. The molecule has 0 saturated carbocycles. The minimum absolute atomic E-state index is 0.266. The Hall–Kier alpha value is -3.18. The first-order chi connectivity index (χ1) is 17.9. The van der Waals surface area contributed by atoms with E-state index in [1.165, 1.54) is 9.80 Å². The summed E-state index contributed by atoms with van der Waals surface area (Å²) in [5.74, 6) is -3.05. The highest BCUT2D eigenvalue weighted by atomic mass is 16.2. The maximum atomic E-state index is 13.2. The topological polar surface area (TPSA) is 148 Å². The number of carbonyl (C=O) groups excluding carboxylic acids is 6. The van der Waals surface area contributed by atoms with Crippen molar-refractivity contribution in [2.45, 2.75) is 78.7 Å². The van der Waals surface area contributed by atoms with Gasteiger partial charge in [-0.05, 0) is 33.6 Å². The Morgan fingerprint density at radius 1 is 0.711 bits per heavy atom. The van der Waals surface area contributed by atoms with E-state index in [4.69, 9.17) is 0 Å². The van der Waals surface area contributed by atoms with Gasteiger partial charge in [0.1, 0.15) is 13.1 Å². The molecule has 0 atom stereocenters. The van der Waals surface area contributed by atoms with E-state index in [2.05, 4.69) is 16.0 Å². The number of carbonyl (C=O) groups is 6. The number of amides is 6. The quantitative estimate of drug-likeness (QED) is 0.334. The van der Waals surface area contributed by atoms with Gasteiger partial charge < -0.3 is 30.7 Å². The molecule has 1 fully saturated rings. The van der Waals surface area contributed by atoms with Gasteiger partial charge in [-0.25, -0.2) is 0 Å². The van der Waals surface area contributed by atoms with E-state index in [0.717, 1.165) is 30.6 Å². The van der Waals surface area contributed by atoms with Crippen molar-refractivity contribution >= 4 is 35.4 Å². The summed E-state index contributed by atoms with van der Waals surface area (Å²) in [6, 6.07) is 0. The Balaban J connectivity index is 3.18. The van der Waals surface area contributed by atoms with Crippen LogP contribution >= 0.6 is 0 Å². The predicted molar refractivity (Wildman–Crippen MR) is 143 cm³/mol. The maximum absolute atomic E-state index is 13.2. The van der Waals surface area contributed by atoms with Gasteiger partial charge in [-0.1, -0.05) is 39.5 Å². The van der Waals surface area contributed by atoms with Crippen molar-refractivity contribution in [3.63, 3.8) is 0 Å². The lowest BCUT2D eigenvalue weighted by atomic mass is 10.1. The zero-order valence-corrected chi connectivity index (χ0v) is 23.7. The van der Waals surface area contributed by atoms with Gasteiger partial charge in [0.15, 0.2) is 0 Å². The van der Waals surface area contributed by atoms with E-state index in [-0.39, 0.29) is 26.2 Å². The fourth-order valence-electron chi connectivity index (χ4n) is 3.85. The molecule has 12 nitrogen and oxygen atoms in total.